The topological polar surface area (TPSA) is 52.4 Å². The molecule has 4 heteroatoms. The quantitative estimate of drug-likeness (QED) is 0.617. The molecule has 1 aliphatic carbocycles. The van der Waals surface area contributed by atoms with Crippen LogP contribution < -0.4 is 4.74 Å². The minimum atomic E-state index is -0.397. The molecule has 2 atom stereocenters. The third-order valence-electron chi connectivity index (χ3n) is 3.58. The van der Waals surface area contributed by atoms with Crippen molar-refractivity contribution in [3.05, 3.63) is 75.8 Å². The number of nitrogens with zero attached hydrogens (tertiary/aromatic N) is 1. The highest BCUT2D eigenvalue weighted by atomic mass is 16.6. The van der Waals surface area contributed by atoms with E-state index in [1.807, 2.05) is 54.6 Å². The first-order valence-electron chi connectivity index (χ1n) is 6.64. The second-order valence-corrected chi connectivity index (χ2v) is 5.04. The van der Waals surface area contributed by atoms with Crippen LogP contribution in [0.25, 0.3) is 0 Å². The molecule has 1 saturated carbocycles. The van der Waals surface area contributed by atoms with Gasteiger partial charge in [0, 0.05) is 11.3 Å². The van der Waals surface area contributed by atoms with Crippen LogP contribution in [0.2, 0.25) is 0 Å². The van der Waals surface area contributed by atoms with Crippen LogP contribution in [0.15, 0.2) is 54.6 Å². The van der Waals surface area contributed by atoms with Crippen molar-refractivity contribution in [2.45, 2.75) is 25.0 Å². The summed E-state index contributed by atoms with van der Waals surface area (Å²) in [6, 6.07) is 17.2. The summed E-state index contributed by atoms with van der Waals surface area (Å²) in [4.78, 5) is 10.5. The van der Waals surface area contributed by atoms with Crippen molar-refractivity contribution >= 4 is 0 Å². The summed E-state index contributed by atoms with van der Waals surface area (Å²) in [6.07, 6.45) is 0.650. The SMILES string of the molecule is O=[N+]([O-])C1C[C@@H]1c1ccc(OCc2ccccc2)cc1. The average Bonchev–Trinajstić information content (AvgIpc) is 3.27. The Balaban J connectivity index is 1.58. The monoisotopic (exact) mass is 269 g/mol. The third-order valence-corrected chi connectivity index (χ3v) is 3.58. The van der Waals surface area contributed by atoms with Gasteiger partial charge in [-0.15, -0.1) is 0 Å². The molecule has 20 heavy (non-hydrogen) atoms. The Kier molecular flexibility index (Phi) is 3.37. The first-order valence-corrected chi connectivity index (χ1v) is 6.64. The van der Waals surface area contributed by atoms with Crippen LogP contribution in [0, 0.1) is 10.1 Å². The predicted molar refractivity (Wildman–Crippen MR) is 75.4 cm³/mol. The largest absolute Gasteiger partial charge is 0.489 e. The molecule has 0 aromatic heterocycles. The molecule has 0 spiro atoms. The predicted octanol–water partition coefficient (Wildman–Crippen LogP) is 3.40. The number of hydrogen-bond donors (Lipinski definition) is 0. The fraction of sp³-hybridized carbons (Fsp3) is 0.250. The van der Waals surface area contributed by atoms with Crippen molar-refractivity contribution in [2.75, 3.05) is 0 Å². The van der Waals surface area contributed by atoms with Crippen LogP contribution in [0.1, 0.15) is 23.5 Å². The van der Waals surface area contributed by atoms with E-state index in [2.05, 4.69) is 0 Å². The molecule has 0 aliphatic heterocycles. The van der Waals surface area contributed by atoms with E-state index in [-0.39, 0.29) is 10.8 Å². The third kappa shape index (κ3) is 2.79. The van der Waals surface area contributed by atoms with E-state index in [0.29, 0.717) is 13.0 Å². The molecule has 0 radical (unpaired) electrons. The van der Waals surface area contributed by atoms with Gasteiger partial charge in [-0.05, 0) is 23.3 Å². The lowest BCUT2D eigenvalue weighted by Crippen LogP contribution is -2.02. The number of rotatable bonds is 5. The molecular formula is C16H15NO3. The Bertz CT molecular complexity index is 595. The van der Waals surface area contributed by atoms with Crippen LogP contribution in [0.3, 0.4) is 0 Å². The van der Waals surface area contributed by atoms with Crippen molar-refractivity contribution in [3.63, 3.8) is 0 Å². The normalized spacial score (nSPS) is 20.4. The maximum atomic E-state index is 10.7. The summed E-state index contributed by atoms with van der Waals surface area (Å²) in [5, 5.41) is 10.7. The zero-order chi connectivity index (χ0) is 13.9. The van der Waals surface area contributed by atoms with E-state index in [9.17, 15) is 10.1 Å². The van der Waals surface area contributed by atoms with Crippen molar-refractivity contribution in [3.8, 4) is 5.75 Å². The highest BCUT2D eigenvalue weighted by molar-refractivity contribution is 5.33. The molecule has 0 heterocycles. The zero-order valence-electron chi connectivity index (χ0n) is 10.9. The van der Waals surface area contributed by atoms with Crippen LogP contribution in [0.5, 0.6) is 5.75 Å². The number of nitro groups is 1. The maximum absolute atomic E-state index is 10.7. The minimum absolute atomic E-state index is 0.0770. The number of benzene rings is 2. The second kappa shape index (κ2) is 5.33. The average molecular weight is 269 g/mol. The molecule has 102 valence electrons. The van der Waals surface area contributed by atoms with E-state index in [4.69, 9.17) is 4.74 Å². The van der Waals surface area contributed by atoms with Gasteiger partial charge in [0.05, 0.1) is 5.92 Å². The number of hydrogen-bond acceptors (Lipinski definition) is 3. The molecule has 0 saturated heterocycles. The van der Waals surface area contributed by atoms with Gasteiger partial charge in [-0.25, -0.2) is 0 Å². The molecule has 1 aliphatic rings. The van der Waals surface area contributed by atoms with Gasteiger partial charge >= 0.3 is 0 Å². The van der Waals surface area contributed by atoms with Crippen LogP contribution in [0.4, 0.5) is 0 Å². The van der Waals surface area contributed by atoms with E-state index in [1.165, 1.54) is 0 Å². The smallest absolute Gasteiger partial charge is 0.221 e. The van der Waals surface area contributed by atoms with Gasteiger partial charge < -0.3 is 4.74 Å². The first kappa shape index (κ1) is 12.7. The highest BCUT2D eigenvalue weighted by Gasteiger charge is 2.49. The van der Waals surface area contributed by atoms with Gasteiger partial charge in [0.25, 0.3) is 0 Å². The molecule has 1 unspecified atom stereocenters. The lowest BCUT2D eigenvalue weighted by molar-refractivity contribution is -0.496. The molecule has 4 nitrogen and oxygen atoms in total. The lowest BCUT2D eigenvalue weighted by Gasteiger charge is -2.07. The van der Waals surface area contributed by atoms with Crippen molar-refractivity contribution in [1.82, 2.24) is 0 Å². The highest BCUT2D eigenvalue weighted by Crippen LogP contribution is 2.43. The summed E-state index contributed by atoms with van der Waals surface area (Å²) in [6.45, 7) is 0.529. The van der Waals surface area contributed by atoms with Gasteiger partial charge in [0.1, 0.15) is 12.4 Å². The van der Waals surface area contributed by atoms with Gasteiger partial charge in [-0.3, -0.25) is 10.1 Å². The second-order valence-electron chi connectivity index (χ2n) is 5.04. The van der Waals surface area contributed by atoms with Crippen LogP contribution in [-0.2, 0) is 6.61 Å². The van der Waals surface area contributed by atoms with Gasteiger partial charge in [-0.1, -0.05) is 42.5 Å². The Morgan fingerprint density at radius 2 is 1.80 bits per heavy atom. The van der Waals surface area contributed by atoms with Crippen LogP contribution in [-0.4, -0.2) is 11.0 Å². The van der Waals surface area contributed by atoms with Crippen molar-refractivity contribution in [1.29, 1.82) is 0 Å². The van der Waals surface area contributed by atoms with Crippen molar-refractivity contribution in [2.24, 2.45) is 0 Å². The lowest BCUT2D eigenvalue weighted by atomic mass is 10.1. The summed E-state index contributed by atoms with van der Waals surface area (Å²) >= 11 is 0. The Hall–Kier alpha value is -2.36. The Morgan fingerprint density at radius 3 is 2.40 bits per heavy atom. The van der Waals surface area contributed by atoms with E-state index < -0.39 is 6.04 Å². The van der Waals surface area contributed by atoms with E-state index in [0.717, 1.165) is 16.9 Å². The van der Waals surface area contributed by atoms with E-state index >= 15 is 0 Å². The minimum Gasteiger partial charge on any atom is -0.489 e. The van der Waals surface area contributed by atoms with E-state index in [1.54, 1.807) is 0 Å². The van der Waals surface area contributed by atoms with Gasteiger partial charge in [0.2, 0.25) is 6.04 Å². The molecule has 3 rings (SSSR count). The van der Waals surface area contributed by atoms with Crippen molar-refractivity contribution < 1.29 is 9.66 Å². The molecule has 0 amide bonds. The number of ether oxygens (including phenoxy) is 1. The molecule has 0 bridgehead atoms. The summed E-state index contributed by atoms with van der Waals surface area (Å²) < 4.78 is 5.69. The summed E-state index contributed by atoms with van der Waals surface area (Å²) in [5.74, 6) is 0.865. The molecule has 2 aromatic rings. The first-order chi connectivity index (χ1) is 9.74. The summed E-state index contributed by atoms with van der Waals surface area (Å²) in [7, 11) is 0. The Labute approximate surface area is 117 Å². The molecular weight excluding hydrogens is 254 g/mol. The van der Waals surface area contributed by atoms with Crippen LogP contribution >= 0.6 is 0 Å². The standard InChI is InChI=1S/C16H15NO3/c18-17(19)16-10-15(16)13-6-8-14(9-7-13)20-11-12-4-2-1-3-5-12/h1-9,15-16H,10-11H2/t15-,16?/m1/s1. The fourth-order valence-electron chi connectivity index (χ4n) is 2.32. The maximum Gasteiger partial charge on any atom is 0.221 e. The zero-order valence-corrected chi connectivity index (χ0v) is 10.9. The fourth-order valence-corrected chi connectivity index (χ4v) is 2.32. The Morgan fingerprint density at radius 1 is 1.10 bits per heavy atom. The molecule has 2 aromatic carbocycles. The van der Waals surface area contributed by atoms with Gasteiger partial charge in [-0.2, -0.15) is 0 Å². The molecule has 0 N–H and O–H groups in total. The molecule has 1 fully saturated rings. The summed E-state index contributed by atoms with van der Waals surface area (Å²) in [5.41, 5.74) is 2.14. The van der Waals surface area contributed by atoms with Gasteiger partial charge in [0.15, 0.2) is 0 Å².